The van der Waals surface area contributed by atoms with Gasteiger partial charge in [-0.05, 0) is 51.6 Å². The molecule has 0 aliphatic rings. The van der Waals surface area contributed by atoms with E-state index in [2.05, 4.69) is 61.5 Å². The van der Waals surface area contributed by atoms with Crippen LogP contribution in [0.15, 0.2) is 48.5 Å². The Kier molecular flexibility index (Phi) is 3.88. The first-order valence-electron chi connectivity index (χ1n) is 7.64. The van der Waals surface area contributed by atoms with Gasteiger partial charge in [-0.25, -0.2) is 0 Å². The highest BCUT2D eigenvalue weighted by atomic mass is 14.2. The molecule has 1 heteroatoms. The maximum absolute atomic E-state index is 9.11. The molecule has 0 spiro atoms. The van der Waals surface area contributed by atoms with E-state index in [1.165, 1.54) is 39.9 Å². The van der Waals surface area contributed by atoms with Gasteiger partial charge in [0, 0.05) is 0 Å². The van der Waals surface area contributed by atoms with E-state index in [0.717, 1.165) is 12.0 Å². The van der Waals surface area contributed by atoms with Crippen LogP contribution in [0.4, 0.5) is 0 Å². The van der Waals surface area contributed by atoms with Gasteiger partial charge in [-0.3, -0.25) is 0 Å². The fourth-order valence-electron chi connectivity index (χ4n) is 3.15. The fourth-order valence-corrected chi connectivity index (χ4v) is 3.15. The van der Waals surface area contributed by atoms with Crippen LogP contribution in [0.3, 0.4) is 0 Å². The molecular weight excluding hydrogens is 254 g/mol. The predicted molar refractivity (Wildman–Crippen MR) is 89.4 cm³/mol. The van der Waals surface area contributed by atoms with Crippen LogP contribution < -0.4 is 0 Å². The second-order valence-corrected chi connectivity index (χ2v) is 5.53. The van der Waals surface area contributed by atoms with E-state index in [0.29, 0.717) is 6.42 Å². The Balaban J connectivity index is 2.38. The van der Waals surface area contributed by atoms with E-state index in [1.54, 1.807) is 0 Å². The molecule has 0 bridgehead atoms. The lowest BCUT2D eigenvalue weighted by atomic mass is 9.90. The largest absolute Gasteiger partial charge is 0.198 e. The lowest BCUT2D eigenvalue weighted by Gasteiger charge is -2.14. The van der Waals surface area contributed by atoms with Gasteiger partial charge in [-0.2, -0.15) is 5.26 Å². The first-order chi connectivity index (χ1) is 10.3. The molecule has 0 atom stereocenters. The van der Waals surface area contributed by atoms with Crippen molar-refractivity contribution in [3.63, 3.8) is 0 Å². The Morgan fingerprint density at radius 2 is 1.81 bits per heavy atom. The molecule has 0 fully saturated rings. The molecule has 0 N–H and O–H groups in total. The number of hydrogen-bond donors (Lipinski definition) is 0. The van der Waals surface area contributed by atoms with Crippen LogP contribution in [0.1, 0.15) is 30.9 Å². The van der Waals surface area contributed by atoms with Gasteiger partial charge in [0.15, 0.2) is 0 Å². The Morgan fingerprint density at radius 3 is 2.62 bits per heavy atom. The number of fused-ring (bicyclic) bond motifs is 2. The molecule has 0 aromatic heterocycles. The minimum atomic E-state index is 0.481. The van der Waals surface area contributed by atoms with Crippen molar-refractivity contribution in [3.8, 4) is 6.07 Å². The lowest BCUT2D eigenvalue weighted by Crippen LogP contribution is -1.94. The molecule has 3 aromatic rings. The maximum Gasteiger partial charge on any atom is 0.0669 e. The Morgan fingerprint density at radius 1 is 1.00 bits per heavy atom. The SMILES string of the molecule is CCCCc1c2ccccc2cc2cccc(CC#N)c12. The van der Waals surface area contributed by atoms with Crippen LogP contribution in [-0.2, 0) is 12.8 Å². The van der Waals surface area contributed by atoms with E-state index >= 15 is 0 Å². The van der Waals surface area contributed by atoms with Gasteiger partial charge in [0.1, 0.15) is 0 Å². The molecule has 0 heterocycles. The molecule has 3 aromatic carbocycles. The number of hydrogen-bond acceptors (Lipinski definition) is 1. The molecule has 0 saturated carbocycles. The Hall–Kier alpha value is -2.33. The zero-order valence-electron chi connectivity index (χ0n) is 12.4. The van der Waals surface area contributed by atoms with Gasteiger partial charge >= 0.3 is 0 Å². The standard InChI is InChI=1S/C20H19N/c1-2-3-10-19-18-11-5-4-7-16(18)14-17-9-6-8-15(12-13-21)20(17)19/h4-9,11,14H,2-3,10,12H2,1H3. The van der Waals surface area contributed by atoms with E-state index in [9.17, 15) is 0 Å². The predicted octanol–water partition coefficient (Wildman–Crippen LogP) is 5.40. The number of nitriles is 1. The summed E-state index contributed by atoms with van der Waals surface area (Å²) in [6.07, 6.45) is 3.93. The molecule has 0 aliphatic heterocycles. The Labute approximate surface area is 125 Å². The summed E-state index contributed by atoms with van der Waals surface area (Å²) in [5.74, 6) is 0. The number of aryl methyl sites for hydroxylation is 1. The van der Waals surface area contributed by atoms with Crippen molar-refractivity contribution in [1.29, 1.82) is 5.26 Å². The minimum absolute atomic E-state index is 0.481. The summed E-state index contributed by atoms with van der Waals surface area (Å²) in [6.45, 7) is 2.23. The molecular formula is C20H19N. The summed E-state index contributed by atoms with van der Waals surface area (Å²) in [4.78, 5) is 0. The van der Waals surface area contributed by atoms with Crippen LogP contribution in [0.2, 0.25) is 0 Å². The normalized spacial score (nSPS) is 10.9. The zero-order chi connectivity index (χ0) is 14.7. The minimum Gasteiger partial charge on any atom is -0.198 e. The van der Waals surface area contributed by atoms with Crippen molar-refractivity contribution in [3.05, 3.63) is 59.7 Å². The summed E-state index contributed by atoms with van der Waals surface area (Å²) in [6, 6.07) is 19.5. The van der Waals surface area contributed by atoms with Gasteiger partial charge in [-0.1, -0.05) is 55.8 Å². The third kappa shape index (κ3) is 2.50. The molecule has 21 heavy (non-hydrogen) atoms. The van der Waals surface area contributed by atoms with Crippen LogP contribution in [0.5, 0.6) is 0 Å². The van der Waals surface area contributed by atoms with Crippen LogP contribution >= 0.6 is 0 Å². The van der Waals surface area contributed by atoms with E-state index in [1.807, 2.05) is 0 Å². The number of rotatable bonds is 4. The van der Waals surface area contributed by atoms with Crippen molar-refractivity contribution < 1.29 is 0 Å². The first kappa shape index (κ1) is 13.6. The monoisotopic (exact) mass is 273 g/mol. The smallest absolute Gasteiger partial charge is 0.0669 e. The second-order valence-electron chi connectivity index (χ2n) is 5.53. The van der Waals surface area contributed by atoms with Crippen molar-refractivity contribution in [2.45, 2.75) is 32.6 Å². The zero-order valence-corrected chi connectivity index (χ0v) is 12.4. The lowest BCUT2D eigenvalue weighted by molar-refractivity contribution is 0.802. The Bertz CT molecular complexity index is 824. The second kappa shape index (κ2) is 5.97. The van der Waals surface area contributed by atoms with Gasteiger partial charge in [0.25, 0.3) is 0 Å². The molecule has 1 nitrogen and oxygen atoms in total. The number of nitrogens with zero attached hydrogens (tertiary/aromatic N) is 1. The van der Waals surface area contributed by atoms with Crippen molar-refractivity contribution >= 4 is 21.5 Å². The van der Waals surface area contributed by atoms with Crippen LogP contribution in [0.25, 0.3) is 21.5 Å². The summed E-state index contributed by atoms with van der Waals surface area (Å²) in [5.41, 5.74) is 2.57. The summed E-state index contributed by atoms with van der Waals surface area (Å²) in [5, 5.41) is 14.3. The molecule has 104 valence electrons. The van der Waals surface area contributed by atoms with E-state index in [-0.39, 0.29) is 0 Å². The molecule has 0 saturated heterocycles. The van der Waals surface area contributed by atoms with Gasteiger partial charge in [0.05, 0.1) is 12.5 Å². The van der Waals surface area contributed by atoms with Gasteiger partial charge in [0.2, 0.25) is 0 Å². The average molecular weight is 273 g/mol. The highest BCUT2D eigenvalue weighted by molar-refractivity contribution is 6.03. The topological polar surface area (TPSA) is 23.8 Å². The molecule has 0 aliphatic carbocycles. The van der Waals surface area contributed by atoms with Gasteiger partial charge < -0.3 is 0 Å². The molecule has 0 radical (unpaired) electrons. The molecule has 0 unspecified atom stereocenters. The van der Waals surface area contributed by atoms with E-state index < -0.39 is 0 Å². The first-order valence-corrected chi connectivity index (χ1v) is 7.64. The van der Waals surface area contributed by atoms with Gasteiger partial charge in [-0.15, -0.1) is 0 Å². The fraction of sp³-hybridized carbons (Fsp3) is 0.250. The number of unbranched alkanes of at least 4 members (excludes halogenated alkanes) is 1. The highest BCUT2D eigenvalue weighted by Crippen LogP contribution is 2.32. The summed E-state index contributed by atoms with van der Waals surface area (Å²) >= 11 is 0. The molecule has 0 amide bonds. The average Bonchev–Trinajstić information content (AvgIpc) is 2.52. The van der Waals surface area contributed by atoms with Crippen molar-refractivity contribution in [2.24, 2.45) is 0 Å². The summed E-state index contributed by atoms with van der Waals surface area (Å²) < 4.78 is 0. The van der Waals surface area contributed by atoms with Crippen LogP contribution in [0, 0.1) is 11.3 Å². The van der Waals surface area contributed by atoms with E-state index in [4.69, 9.17) is 5.26 Å². The quantitative estimate of drug-likeness (QED) is 0.584. The third-order valence-corrected chi connectivity index (χ3v) is 4.13. The third-order valence-electron chi connectivity index (χ3n) is 4.13. The van der Waals surface area contributed by atoms with Crippen molar-refractivity contribution in [2.75, 3.05) is 0 Å². The molecule has 3 rings (SSSR count). The highest BCUT2D eigenvalue weighted by Gasteiger charge is 2.10. The number of benzene rings is 3. The summed E-state index contributed by atoms with van der Waals surface area (Å²) in [7, 11) is 0. The van der Waals surface area contributed by atoms with Crippen LogP contribution in [-0.4, -0.2) is 0 Å². The van der Waals surface area contributed by atoms with Crippen molar-refractivity contribution in [1.82, 2.24) is 0 Å². The maximum atomic E-state index is 9.11.